The van der Waals surface area contributed by atoms with Crippen LogP contribution in [0.25, 0.3) is 11.0 Å². The maximum absolute atomic E-state index is 11.5. The number of ether oxygens (including phenoxy) is 1. The summed E-state index contributed by atoms with van der Waals surface area (Å²) in [6.45, 7) is 3.70. The summed E-state index contributed by atoms with van der Waals surface area (Å²) in [4.78, 5) is 11.5. The van der Waals surface area contributed by atoms with Crippen LogP contribution in [0.1, 0.15) is 18.9 Å². The molecule has 2 rings (SSSR count). The van der Waals surface area contributed by atoms with E-state index >= 15 is 0 Å². The van der Waals surface area contributed by atoms with Gasteiger partial charge in [-0.3, -0.25) is 0 Å². The first-order chi connectivity index (χ1) is 8.74. The fraction of sp³-hybridized carbons (Fsp3) is 0.357. The third kappa shape index (κ3) is 2.71. The van der Waals surface area contributed by atoms with E-state index < -0.39 is 0 Å². The highest BCUT2D eigenvalue weighted by molar-refractivity contribution is 5.81. The Morgan fingerprint density at radius 1 is 1.33 bits per heavy atom. The number of methoxy groups -OCH3 is 1. The lowest BCUT2D eigenvalue weighted by molar-refractivity contribution is 0.414. The Morgan fingerprint density at radius 2 is 2.17 bits per heavy atom. The van der Waals surface area contributed by atoms with Gasteiger partial charge >= 0.3 is 5.63 Å². The van der Waals surface area contributed by atoms with Gasteiger partial charge in [0.25, 0.3) is 0 Å². The van der Waals surface area contributed by atoms with Crippen molar-refractivity contribution in [1.29, 1.82) is 0 Å². The molecule has 0 aliphatic carbocycles. The minimum absolute atomic E-state index is 0.330. The average Bonchev–Trinajstić information content (AvgIpc) is 2.38. The monoisotopic (exact) mass is 247 g/mol. The zero-order valence-corrected chi connectivity index (χ0v) is 10.7. The van der Waals surface area contributed by atoms with E-state index in [1.165, 1.54) is 6.07 Å². The van der Waals surface area contributed by atoms with Gasteiger partial charge in [0.05, 0.1) is 7.11 Å². The summed E-state index contributed by atoms with van der Waals surface area (Å²) in [5.74, 6) is 0.685. The van der Waals surface area contributed by atoms with Gasteiger partial charge in [-0.05, 0) is 30.7 Å². The summed E-state index contributed by atoms with van der Waals surface area (Å²) >= 11 is 0. The van der Waals surface area contributed by atoms with Gasteiger partial charge in [0.2, 0.25) is 0 Å². The van der Waals surface area contributed by atoms with E-state index in [4.69, 9.17) is 9.15 Å². The molecule has 1 N–H and O–H groups in total. The molecule has 18 heavy (non-hydrogen) atoms. The molecule has 0 spiro atoms. The molecular formula is C14H17NO3. The van der Waals surface area contributed by atoms with Gasteiger partial charge in [-0.2, -0.15) is 0 Å². The van der Waals surface area contributed by atoms with Crippen LogP contribution in [0.5, 0.6) is 5.75 Å². The van der Waals surface area contributed by atoms with Crippen molar-refractivity contribution in [3.63, 3.8) is 0 Å². The van der Waals surface area contributed by atoms with Crippen LogP contribution < -0.4 is 15.7 Å². The highest BCUT2D eigenvalue weighted by Crippen LogP contribution is 2.22. The van der Waals surface area contributed by atoms with Crippen LogP contribution >= 0.6 is 0 Å². The van der Waals surface area contributed by atoms with Crippen molar-refractivity contribution in [1.82, 2.24) is 5.32 Å². The van der Waals surface area contributed by atoms with Crippen LogP contribution in [0.4, 0.5) is 0 Å². The molecule has 4 heteroatoms. The van der Waals surface area contributed by atoms with Crippen molar-refractivity contribution in [2.45, 2.75) is 19.9 Å². The Labute approximate surface area is 106 Å². The molecule has 0 unspecified atom stereocenters. The van der Waals surface area contributed by atoms with Crippen molar-refractivity contribution < 1.29 is 9.15 Å². The van der Waals surface area contributed by atoms with E-state index in [-0.39, 0.29) is 5.63 Å². The summed E-state index contributed by atoms with van der Waals surface area (Å²) in [7, 11) is 1.59. The smallest absolute Gasteiger partial charge is 0.336 e. The first-order valence-electron chi connectivity index (χ1n) is 6.06. The molecule has 96 valence electrons. The molecule has 1 aromatic heterocycles. The molecule has 4 nitrogen and oxygen atoms in total. The Kier molecular flexibility index (Phi) is 3.99. The first kappa shape index (κ1) is 12.6. The molecular weight excluding hydrogens is 230 g/mol. The predicted octanol–water partition coefficient (Wildman–Crippen LogP) is 2.30. The second-order valence-corrected chi connectivity index (χ2v) is 4.13. The number of benzene rings is 1. The van der Waals surface area contributed by atoms with Crippen LogP contribution in [0.15, 0.2) is 33.5 Å². The molecule has 0 amide bonds. The molecule has 0 fully saturated rings. The minimum Gasteiger partial charge on any atom is -0.497 e. The Bertz CT molecular complexity index is 589. The topological polar surface area (TPSA) is 51.5 Å². The molecule has 0 radical (unpaired) electrons. The number of hydrogen-bond donors (Lipinski definition) is 1. The van der Waals surface area contributed by atoms with Crippen LogP contribution in [0.2, 0.25) is 0 Å². The zero-order chi connectivity index (χ0) is 13.0. The Balaban J connectivity index is 2.42. The molecule has 0 atom stereocenters. The van der Waals surface area contributed by atoms with Crippen molar-refractivity contribution in [3.8, 4) is 5.75 Å². The van der Waals surface area contributed by atoms with E-state index in [2.05, 4.69) is 12.2 Å². The molecule has 1 heterocycles. The van der Waals surface area contributed by atoms with Crippen LogP contribution in [-0.4, -0.2) is 13.7 Å². The van der Waals surface area contributed by atoms with Gasteiger partial charge in [-0.15, -0.1) is 0 Å². The number of fused-ring (bicyclic) bond motifs is 1. The maximum Gasteiger partial charge on any atom is 0.336 e. The SMILES string of the molecule is CCCNCc1cc(=O)oc2cc(OC)ccc12. The van der Waals surface area contributed by atoms with Crippen molar-refractivity contribution in [2.75, 3.05) is 13.7 Å². The highest BCUT2D eigenvalue weighted by atomic mass is 16.5. The second-order valence-electron chi connectivity index (χ2n) is 4.13. The molecule has 1 aromatic carbocycles. The number of rotatable bonds is 5. The average molecular weight is 247 g/mol. The second kappa shape index (κ2) is 5.69. The van der Waals surface area contributed by atoms with Crippen LogP contribution in [-0.2, 0) is 6.54 Å². The van der Waals surface area contributed by atoms with Gasteiger partial charge in [-0.1, -0.05) is 6.92 Å². The maximum atomic E-state index is 11.5. The lowest BCUT2D eigenvalue weighted by atomic mass is 10.1. The van der Waals surface area contributed by atoms with Gasteiger partial charge in [0.15, 0.2) is 0 Å². The van der Waals surface area contributed by atoms with E-state index in [9.17, 15) is 4.79 Å². The highest BCUT2D eigenvalue weighted by Gasteiger charge is 2.06. The Hall–Kier alpha value is -1.81. The largest absolute Gasteiger partial charge is 0.497 e. The quantitative estimate of drug-likeness (QED) is 0.650. The minimum atomic E-state index is -0.330. The molecule has 0 aliphatic heterocycles. The van der Waals surface area contributed by atoms with E-state index in [1.807, 2.05) is 12.1 Å². The van der Waals surface area contributed by atoms with E-state index in [1.54, 1.807) is 13.2 Å². The standard InChI is InChI=1S/C14H17NO3/c1-3-6-15-9-10-7-14(16)18-13-8-11(17-2)4-5-12(10)13/h4-5,7-8,15H,3,6,9H2,1-2H3. The van der Waals surface area contributed by atoms with Gasteiger partial charge < -0.3 is 14.5 Å². The summed E-state index contributed by atoms with van der Waals surface area (Å²) < 4.78 is 10.3. The lowest BCUT2D eigenvalue weighted by Crippen LogP contribution is -2.15. The fourth-order valence-electron chi connectivity index (χ4n) is 1.88. The molecule has 0 saturated carbocycles. The molecule has 0 saturated heterocycles. The summed E-state index contributed by atoms with van der Waals surface area (Å²) in [6, 6.07) is 7.06. The van der Waals surface area contributed by atoms with Crippen LogP contribution in [0.3, 0.4) is 0 Å². The number of hydrogen-bond acceptors (Lipinski definition) is 4. The van der Waals surface area contributed by atoms with E-state index in [0.717, 1.165) is 23.9 Å². The van der Waals surface area contributed by atoms with Crippen molar-refractivity contribution in [3.05, 3.63) is 40.2 Å². The summed E-state index contributed by atoms with van der Waals surface area (Å²) in [6.07, 6.45) is 1.06. The van der Waals surface area contributed by atoms with E-state index in [0.29, 0.717) is 17.9 Å². The fourth-order valence-corrected chi connectivity index (χ4v) is 1.88. The lowest BCUT2D eigenvalue weighted by Gasteiger charge is -2.07. The van der Waals surface area contributed by atoms with Crippen LogP contribution in [0, 0.1) is 0 Å². The van der Waals surface area contributed by atoms with Gasteiger partial charge in [0.1, 0.15) is 11.3 Å². The number of nitrogens with one attached hydrogen (secondary N) is 1. The zero-order valence-electron chi connectivity index (χ0n) is 10.7. The first-order valence-corrected chi connectivity index (χ1v) is 6.06. The summed E-state index contributed by atoms with van der Waals surface area (Å²) in [5, 5.41) is 4.23. The third-order valence-electron chi connectivity index (χ3n) is 2.78. The predicted molar refractivity (Wildman–Crippen MR) is 71.0 cm³/mol. The van der Waals surface area contributed by atoms with Gasteiger partial charge in [-0.25, -0.2) is 4.79 Å². The van der Waals surface area contributed by atoms with Crippen molar-refractivity contribution >= 4 is 11.0 Å². The molecule has 0 bridgehead atoms. The van der Waals surface area contributed by atoms with Crippen molar-refractivity contribution in [2.24, 2.45) is 0 Å². The normalized spacial score (nSPS) is 10.8. The molecule has 2 aromatic rings. The summed E-state index contributed by atoms with van der Waals surface area (Å²) in [5.41, 5.74) is 1.19. The van der Waals surface area contributed by atoms with Gasteiger partial charge in [0, 0.05) is 24.1 Å². The molecule has 0 aliphatic rings. The third-order valence-corrected chi connectivity index (χ3v) is 2.78. The Morgan fingerprint density at radius 3 is 2.89 bits per heavy atom.